The van der Waals surface area contributed by atoms with E-state index in [2.05, 4.69) is 10.7 Å². The van der Waals surface area contributed by atoms with Gasteiger partial charge in [-0.1, -0.05) is 0 Å². The number of amides is 2. The average Bonchev–Trinajstić information content (AvgIpc) is 3.27. The highest BCUT2D eigenvalue weighted by Gasteiger charge is 2.20. The molecule has 0 radical (unpaired) electrons. The number of thiophene rings is 1. The molecule has 1 N–H and O–H groups in total. The quantitative estimate of drug-likeness (QED) is 0.889. The molecule has 5 nitrogen and oxygen atoms in total. The van der Waals surface area contributed by atoms with Gasteiger partial charge in [-0.2, -0.15) is 11.3 Å². The van der Waals surface area contributed by atoms with Crippen molar-refractivity contribution >= 4 is 17.4 Å². The molecule has 0 spiro atoms. The van der Waals surface area contributed by atoms with Gasteiger partial charge in [0.25, 0.3) is 0 Å². The summed E-state index contributed by atoms with van der Waals surface area (Å²) >= 11 is 1.63. The van der Waals surface area contributed by atoms with Crippen molar-refractivity contribution in [3.63, 3.8) is 0 Å². The molecule has 2 aromatic heterocycles. The van der Waals surface area contributed by atoms with Crippen molar-refractivity contribution in [3.05, 3.63) is 46.5 Å². The second-order valence-electron chi connectivity index (χ2n) is 5.39. The van der Waals surface area contributed by atoms with Gasteiger partial charge in [0.1, 0.15) is 5.76 Å². The zero-order valence-electron chi connectivity index (χ0n) is 12.4. The van der Waals surface area contributed by atoms with E-state index in [-0.39, 0.29) is 12.1 Å². The molecule has 0 bridgehead atoms. The molecule has 6 heteroatoms. The number of urea groups is 1. The second kappa shape index (κ2) is 7.47. The Hall–Kier alpha value is -1.79. The van der Waals surface area contributed by atoms with E-state index in [0.29, 0.717) is 19.6 Å². The Labute approximate surface area is 133 Å². The number of nitrogens with one attached hydrogen (secondary N) is 1. The van der Waals surface area contributed by atoms with Crippen molar-refractivity contribution in [1.82, 2.24) is 10.2 Å². The Bertz CT molecular complexity index is 526. The normalized spacial score (nSPS) is 17.5. The molecule has 2 amide bonds. The summed E-state index contributed by atoms with van der Waals surface area (Å²) in [5.41, 5.74) is 1.13. The van der Waals surface area contributed by atoms with Crippen LogP contribution in [-0.2, 0) is 17.8 Å². The van der Waals surface area contributed by atoms with Gasteiger partial charge >= 0.3 is 6.03 Å². The summed E-state index contributed by atoms with van der Waals surface area (Å²) in [5, 5.41) is 7.05. The minimum absolute atomic E-state index is 0.0851. The van der Waals surface area contributed by atoms with Crippen LogP contribution in [0.5, 0.6) is 0 Å². The second-order valence-corrected chi connectivity index (χ2v) is 6.17. The Balaban J connectivity index is 1.59. The van der Waals surface area contributed by atoms with Gasteiger partial charge in [-0.05, 0) is 47.4 Å². The number of hydrogen-bond donors (Lipinski definition) is 1. The number of carbonyl (C=O) groups excluding carboxylic acids is 1. The fourth-order valence-electron chi connectivity index (χ4n) is 2.51. The van der Waals surface area contributed by atoms with Crippen LogP contribution in [0.1, 0.15) is 24.2 Å². The number of ether oxygens (including phenoxy) is 1. The zero-order valence-corrected chi connectivity index (χ0v) is 13.2. The van der Waals surface area contributed by atoms with Crippen LogP contribution in [0, 0.1) is 0 Å². The van der Waals surface area contributed by atoms with E-state index in [9.17, 15) is 4.79 Å². The summed E-state index contributed by atoms with van der Waals surface area (Å²) in [6, 6.07) is 5.67. The molecule has 1 unspecified atom stereocenters. The molecule has 3 heterocycles. The van der Waals surface area contributed by atoms with Crippen LogP contribution >= 0.6 is 11.3 Å². The molecule has 118 valence electrons. The van der Waals surface area contributed by atoms with Gasteiger partial charge in [-0.3, -0.25) is 0 Å². The van der Waals surface area contributed by atoms with Crippen LogP contribution in [0.2, 0.25) is 0 Å². The third-order valence-electron chi connectivity index (χ3n) is 3.67. The molecule has 1 aliphatic heterocycles. The van der Waals surface area contributed by atoms with E-state index in [1.165, 1.54) is 0 Å². The lowest BCUT2D eigenvalue weighted by Crippen LogP contribution is -2.42. The highest BCUT2D eigenvalue weighted by Crippen LogP contribution is 2.14. The van der Waals surface area contributed by atoms with Crippen LogP contribution in [0.4, 0.5) is 4.79 Å². The van der Waals surface area contributed by atoms with E-state index in [4.69, 9.17) is 9.15 Å². The maximum Gasteiger partial charge on any atom is 0.318 e. The van der Waals surface area contributed by atoms with Crippen LogP contribution in [0.25, 0.3) is 0 Å². The van der Waals surface area contributed by atoms with Crippen LogP contribution in [0.15, 0.2) is 39.6 Å². The fourth-order valence-corrected chi connectivity index (χ4v) is 3.17. The first-order chi connectivity index (χ1) is 10.8. The maximum atomic E-state index is 12.5. The monoisotopic (exact) mass is 320 g/mol. The summed E-state index contributed by atoms with van der Waals surface area (Å²) in [5.74, 6) is 0.780. The standard InChI is InChI=1S/C16H20N2O3S/c19-16(17-9-14-3-1-6-20-14)18(10-13-5-8-22-12-13)11-15-4-2-7-21-15/h2,4-5,7-8,12,14H,1,3,6,9-11H2,(H,17,19). The largest absolute Gasteiger partial charge is 0.467 e. The summed E-state index contributed by atoms with van der Waals surface area (Å²) in [7, 11) is 0. The first-order valence-corrected chi connectivity index (χ1v) is 8.43. The predicted molar refractivity (Wildman–Crippen MR) is 84.6 cm³/mol. The highest BCUT2D eigenvalue weighted by molar-refractivity contribution is 7.07. The number of carbonyl (C=O) groups is 1. The van der Waals surface area contributed by atoms with E-state index < -0.39 is 0 Å². The molecule has 2 aromatic rings. The fraction of sp³-hybridized carbons (Fsp3) is 0.438. The van der Waals surface area contributed by atoms with Crippen molar-refractivity contribution in [3.8, 4) is 0 Å². The Morgan fingerprint density at radius 3 is 3.05 bits per heavy atom. The third kappa shape index (κ3) is 4.11. The molecule has 1 aliphatic rings. The Morgan fingerprint density at radius 1 is 1.41 bits per heavy atom. The van der Waals surface area contributed by atoms with Crippen molar-refractivity contribution < 1.29 is 13.9 Å². The SMILES string of the molecule is O=C(NCC1CCCO1)N(Cc1ccsc1)Cc1ccco1. The van der Waals surface area contributed by atoms with E-state index in [1.807, 2.05) is 23.6 Å². The molecular weight excluding hydrogens is 300 g/mol. The van der Waals surface area contributed by atoms with Gasteiger partial charge in [0.15, 0.2) is 0 Å². The van der Waals surface area contributed by atoms with E-state index in [1.54, 1.807) is 22.5 Å². The predicted octanol–water partition coefficient (Wildman–Crippen LogP) is 3.23. The number of nitrogens with zero attached hydrogens (tertiary/aromatic N) is 1. The Kier molecular flexibility index (Phi) is 5.13. The number of rotatable bonds is 6. The number of furan rings is 1. The zero-order chi connectivity index (χ0) is 15.2. The third-order valence-corrected chi connectivity index (χ3v) is 4.40. The van der Waals surface area contributed by atoms with Crippen LogP contribution in [0.3, 0.4) is 0 Å². The van der Waals surface area contributed by atoms with Gasteiger partial charge in [0.2, 0.25) is 0 Å². The van der Waals surface area contributed by atoms with Gasteiger partial charge < -0.3 is 19.4 Å². The van der Waals surface area contributed by atoms with Gasteiger partial charge in [0.05, 0.1) is 18.9 Å². The maximum absolute atomic E-state index is 12.5. The molecule has 0 aromatic carbocycles. The topological polar surface area (TPSA) is 54.7 Å². The van der Waals surface area contributed by atoms with Gasteiger partial charge in [0, 0.05) is 19.7 Å². The molecular formula is C16H20N2O3S. The van der Waals surface area contributed by atoms with E-state index >= 15 is 0 Å². The minimum atomic E-state index is -0.0851. The van der Waals surface area contributed by atoms with Gasteiger partial charge in [-0.15, -0.1) is 0 Å². The van der Waals surface area contributed by atoms with E-state index in [0.717, 1.165) is 30.8 Å². The molecule has 22 heavy (non-hydrogen) atoms. The molecule has 1 atom stereocenters. The molecule has 0 aliphatic carbocycles. The molecule has 1 fully saturated rings. The van der Waals surface area contributed by atoms with Crippen molar-refractivity contribution in [1.29, 1.82) is 0 Å². The lowest BCUT2D eigenvalue weighted by Gasteiger charge is -2.22. The summed E-state index contributed by atoms with van der Waals surface area (Å²) in [6.45, 7) is 2.39. The number of hydrogen-bond acceptors (Lipinski definition) is 4. The summed E-state index contributed by atoms with van der Waals surface area (Å²) in [4.78, 5) is 14.2. The van der Waals surface area contributed by atoms with Crippen LogP contribution < -0.4 is 5.32 Å². The molecule has 1 saturated heterocycles. The van der Waals surface area contributed by atoms with Crippen molar-refractivity contribution in [2.75, 3.05) is 13.2 Å². The average molecular weight is 320 g/mol. The Morgan fingerprint density at radius 2 is 2.36 bits per heavy atom. The smallest absolute Gasteiger partial charge is 0.318 e. The van der Waals surface area contributed by atoms with Crippen LogP contribution in [-0.4, -0.2) is 30.2 Å². The van der Waals surface area contributed by atoms with Crippen molar-refractivity contribution in [2.24, 2.45) is 0 Å². The van der Waals surface area contributed by atoms with Gasteiger partial charge in [-0.25, -0.2) is 4.79 Å². The summed E-state index contributed by atoms with van der Waals surface area (Å²) in [6.07, 6.45) is 3.87. The summed E-state index contributed by atoms with van der Waals surface area (Å²) < 4.78 is 10.9. The lowest BCUT2D eigenvalue weighted by atomic mass is 10.2. The minimum Gasteiger partial charge on any atom is -0.467 e. The first kappa shape index (κ1) is 15.1. The molecule has 0 saturated carbocycles. The molecule has 3 rings (SSSR count). The highest BCUT2D eigenvalue weighted by atomic mass is 32.1. The lowest BCUT2D eigenvalue weighted by molar-refractivity contribution is 0.108. The van der Waals surface area contributed by atoms with Crippen molar-refractivity contribution in [2.45, 2.75) is 32.0 Å². The first-order valence-electron chi connectivity index (χ1n) is 7.49.